The van der Waals surface area contributed by atoms with Crippen LogP contribution in [0.2, 0.25) is 0 Å². The van der Waals surface area contributed by atoms with E-state index in [2.05, 4.69) is 11.4 Å². The van der Waals surface area contributed by atoms with Crippen LogP contribution in [0, 0.1) is 0 Å². The second kappa shape index (κ2) is 8.78. The van der Waals surface area contributed by atoms with E-state index in [1.54, 1.807) is 11.8 Å². The Kier molecular flexibility index (Phi) is 6.67. The molecule has 21 heavy (non-hydrogen) atoms. The van der Waals surface area contributed by atoms with Crippen LogP contribution in [0.5, 0.6) is 5.75 Å². The van der Waals surface area contributed by atoms with Gasteiger partial charge in [-0.2, -0.15) is 0 Å². The van der Waals surface area contributed by atoms with Crippen LogP contribution in [0.25, 0.3) is 0 Å². The van der Waals surface area contributed by atoms with Crippen LogP contribution >= 0.6 is 11.8 Å². The lowest BCUT2D eigenvalue weighted by atomic mass is 9.97. The molecule has 0 atom stereocenters. The smallest absolute Gasteiger partial charge is 0.257 e. The van der Waals surface area contributed by atoms with Crippen molar-refractivity contribution < 1.29 is 9.53 Å². The fourth-order valence-corrected chi connectivity index (χ4v) is 2.77. The molecule has 1 N–H and O–H groups in total. The number of hydrogen-bond donors (Lipinski definition) is 1. The third kappa shape index (κ3) is 5.84. The number of thioether (sulfide) groups is 1. The molecule has 1 aliphatic carbocycles. The van der Waals surface area contributed by atoms with Crippen molar-refractivity contribution in [2.45, 2.75) is 37.0 Å². The summed E-state index contributed by atoms with van der Waals surface area (Å²) < 4.78 is 5.47. The van der Waals surface area contributed by atoms with Gasteiger partial charge in [-0.15, -0.1) is 11.8 Å². The molecule has 0 bridgehead atoms. The molecule has 0 unspecified atom stereocenters. The maximum absolute atomic E-state index is 11.7. The van der Waals surface area contributed by atoms with E-state index in [0.29, 0.717) is 6.54 Å². The first-order valence-electron chi connectivity index (χ1n) is 7.49. The number of carbonyl (C=O) groups excluding carboxylic acids is 1. The van der Waals surface area contributed by atoms with Crippen molar-refractivity contribution >= 4 is 17.7 Å². The molecule has 0 aromatic heterocycles. The Balaban J connectivity index is 1.63. The quantitative estimate of drug-likeness (QED) is 0.615. The van der Waals surface area contributed by atoms with Crippen LogP contribution in [0.3, 0.4) is 0 Å². The summed E-state index contributed by atoms with van der Waals surface area (Å²) in [6, 6.07) is 7.78. The minimum absolute atomic E-state index is 0.0552. The molecule has 1 amide bonds. The van der Waals surface area contributed by atoms with Gasteiger partial charge in [-0.3, -0.25) is 4.79 Å². The largest absolute Gasteiger partial charge is 0.484 e. The van der Waals surface area contributed by atoms with Crippen LogP contribution in [-0.4, -0.2) is 25.3 Å². The number of benzene rings is 1. The highest BCUT2D eigenvalue weighted by Crippen LogP contribution is 2.20. The number of ether oxygens (including phenoxy) is 1. The van der Waals surface area contributed by atoms with Gasteiger partial charge in [0, 0.05) is 11.4 Å². The highest BCUT2D eigenvalue weighted by Gasteiger charge is 2.06. The van der Waals surface area contributed by atoms with Crippen molar-refractivity contribution in [1.29, 1.82) is 0 Å². The number of rotatable bonds is 7. The molecular formula is C17H23NO2S. The molecule has 1 aromatic rings. The summed E-state index contributed by atoms with van der Waals surface area (Å²) in [5.41, 5.74) is 1.48. The summed E-state index contributed by atoms with van der Waals surface area (Å²) in [7, 11) is 0. The Morgan fingerprint density at radius 3 is 2.76 bits per heavy atom. The summed E-state index contributed by atoms with van der Waals surface area (Å²) in [6.07, 6.45) is 10.3. The Morgan fingerprint density at radius 2 is 2.10 bits per heavy atom. The Bertz CT molecular complexity index is 482. The summed E-state index contributed by atoms with van der Waals surface area (Å²) in [6.45, 7) is 0.789. The van der Waals surface area contributed by atoms with Crippen molar-refractivity contribution in [2.24, 2.45) is 0 Å². The average molecular weight is 305 g/mol. The zero-order valence-electron chi connectivity index (χ0n) is 12.6. The van der Waals surface area contributed by atoms with E-state index >= 15 is 0 Å². The zero-order chi connectivity index (χ0) is 14.9. The molecular weight excluding hydrogens is 282 g/mol. The number of nitrogens with one attached hydrogen (secondary N) is 1. The summed E-state index contributed by atoms with van der Waals surface area (Å²) in [5.74, 6) is 0.679. The van der Waals surface area contributed by atoms with Gasteiger partial charge in [0.05, 0.1) is 0 Å². The third-order valence-electron chi connectivity index (χ3n) is 3.58. The first-order valence-corrected chi connectivity index (χ1v) is 8.72. The molecule has 1 aliphatic rings. The maximum Gasteiger partial charge on any atom is 0.257 e. The van der Waals surface area contributed by atoms with Crippen molar-refractivity contribution in [3.05, 3.63) is 35.9 Å². The topological polar surface area (TPSA) is 38.3 Å². The second-order valence-corrected chi connectivity index (χ2v) is 6.05. The summed E-state index contributed by atoms with van der Waals surface area (Å²) >= 11 is 1.69. The van der Waals surface area contributed by atoms with E-state index in [-0.39, 0.29) is 12.5 Å². The molecule has 114 valence electrons. The van der Waals surface area contributed by atoms with Crippen LogP contribution in [0.15, 0.2) is 40.8 Å². The summed E-state index contributed by atoms with van der Waals surface area (Å²) in [5, 5.41) is 2.91. The lowest BCUT2D eigenvalue weighted by molar-refractivity contribution is -0.123. The Morgan fingerprint density at radius 1 is 1.29 bits per heavy atom. The molecule has 0 saturated carbocycles. The van der Waals surface area contributed by atoms with Gasteiger partial charge < -0.3 is 10.1 Å². The second-order valence-electron chi connectivity index (χ2n) is 5.17. The Hall–Kier alpha value is -1.42. The molecule has 0 aliphatic heterocycles. The minimum atomic E-state index is -0.0552. The van der Waals surface area contributed by atoms with Gasteiger partial charge in [-0.05, 0) is 62.6 Å². The first kappa shape index (κ1) is 16.0. The van der Waals surface area contributed by atoms with E-state index in [1.807, 2.05) is 30.5 Å². The highest BCUT2D eigenvalue weighted by molar-refractivity contribution is 7.98. The molecule has 0 radical (unpaired) electrons. The molecule has 4 heteroatoms. The first-order chi connectivity index (χ1) is 10.3. The zero-order valence-corrected chi connectivity index (χ0v) is 13.4. The van der Waals surface area contributed by atoms with Gasteiger partial charge >= 0.3 is 0 Å². The fraction of sp³-hybridized carbons (Fsp3) is 0.471. The standard InChI is InChI=1S/C17H23NO2S/c1-21-16-9-7-15(8-10-16)20-13-17(19)18-12-11-14-5-3-2-4-6-14/h5,7-10H,2-4,6,11-13H2,1H3,(H,18,19). The van der Waals surface area contributed by atoms with Crippen LogP contribution in [-0.2, 0) is 4.79 Å². The molecule has 1 aromatic carbocycles. The van der Waals surface area contributed by atoms with Crippen molar-refractivity contribution in [1.82, 2.24) is 5.32 Å². The van der Waals surface area contributed by atoms with Gasteiger partial charge in [-0.25, -0.2) is 0 Å². The van der Waals surface area contributed by atoms with Gasteiger partial charge in [0.25, 0.3) is 5.91 Å². The fourth-order valence-electron chi connectivity index (χ4n) is 2.37. The molecule has 0 saturated heterocycles. The molecule has 0 fully saturated rings. The van der Waals surface area contributed by atoms with Crippen molar-refractivity contribution in [3.63, 3.8) is 0 Å². The maximum atomic E-state index is 11.7. The number of carbonyl (C=O) groups is 1. The highest BCUT2D eigenvalue weighted by atomic mass is 32.2. The number of hydrogen-bond acceptors (Lipinski definition) is 3. The van der Waals surface area contributed by atoms with E-state index in [9.17, 15) is 4.79 Å². The minimum Gasteiger partial charge on any atom is -0.484 e. The molecule has 0 heterocycles. The van der Waals surface area contributed by atoms with Crippen LogP contribution < -0.4 is 10.1 Å². The van der Waals surface area contributed by atoms with Gasteiger partial charge in [-0.1, -0.05) is 11.6 Å². The predicted octanol–water partition coefficient (Wildman–Crippen LogP) is 3.79. The van der Waals surface area contributed by atoms with Gasteiger partial charge in [0.2, 0.25) is 0 Å². The molecule has 2 rings (SSSR count). The number of amides is 1. The van der Waals surface area contributed by atoms with E-state index in [0.717, 1.165) is 12.2 Å². The van der Waals surface area contributed by atoms with Crippen molar-refractivity contribution in [3.8, 4) is 5.75 Å². The average Bonchev–Trinajstić information content (AvgIpc) is 2.54. The van der Waals surface area contributed by atoms with E-state index < -0.39 is 0 Å². The van der Waals surface area contributed by atoms with Crippen molar-refractivity contribution in [2.75, 3.05) is 19.4 Å². The lowest BCUT2D eigenvalue weighted by Gasteiger charge is -2.13. The van der Waals surface area contributed by atoms with Gasteiger partial charge in [0.1, 0.15) is 5.75 Å². The SMILES string of the molecule is CSc1ccc(OCC(=O)NCCC2=CCCCC2)cc1. The third-order valence-corrected chi connectivity index (χ3v) is 4.33. The monoisotopic (exact) mass is 305 g/mol. The normalized spacial score (nSPS) is 14.4. The van der Waals surface area contributed by atoms with Crippen LogP contribution in [0.1, 0.15) is 32.1 Å². The predicted molar refractivity (Wildman–Crippen MR) is 87.9 cm³/mol. The molecule has 0 spiro atoms. The van der Waals surface area contributed by atoms with E-state index in [4.69, 9.17) is 4.74 Å². The van der Waals surface area contributed by atoms with Crippen LogP contribution in [0.4, 0.5) is 0 Å². The lowest BCUT2D eigenvalue weighted by Crippen LogP contribution is -2.29. The Labute approximate surface area is 131 Å². The summed E-state index contributed by atoms with van der Waals surface area (Å²) in [4.78, 5) is 12.9. The number of allylic oxidation sites excluding steroid dienone is 1. The van der Waals surface area contributed by atoms with E-state index in [1.165, 1.54) is 36.2 Å². The van der Waals surface area contributed by atoms with Gasteiger partial charge in [0.15, 0.2) is 6.61 Å². The molecule has 3 nitrogen and oxygen atoms in total.